The molecule has 0 amide bonds. The zero-order chi connectivity index (χ0) is 29.2. The van der Waals surface area contributed by atoms with Crippen molar-refractivity contribution in [3.63, 3.8) is 0 Å². The molecule has 1 aromatic heterocycles. The van der Waals surface area contributed by atoms with E-state index in [9.17, 15) is 0 Å². The Morgan fingerprint density at radius 3 is 1.77 bits per heavy atom. The van der Waals surface area contributed by atoms with E-state index in [1.807, 2.05) is 0 Å². The molecule has 206 valence electrons. The molecular weight excluding hydrogens is 532 g/mol. The molecule has 1 heterocycles. The molecule has 0 radical (unpaired) electrons. The van der Waals surface area contributed by atoms with E-state index in [4.69, 9.17) is 4.42 Å². The van der Waals surface area contributed by atoms with Gasteiger partial charge in [-0.05, 0) is 101 Å². The van der Waals surface area contributed by atoms with Crippen LogP contribution in [0.15, 0.2) is 138 Å². The van der Waals surface area contributed by atoms with E-state index in [2.05, 4.69) is 147 Å². The number of benzene rings is 8. The van der Waals surface area contributed by atoms with Gasteiger partial charge < -0.3 is 4.42 Å². The van der Waals surface area contributed by atoms with Gasteiger partial charge in [0.1, 0.15) is 11.2 Å². The first-order valence-corrected chi connectivity index (χ1v) is 15.4. The number of hydrogen-bond donors (Lipinski definition) is 0. The molecule has 0 unspecified atom stereocenters. The molecule has 1 nitrogen and oxygen atoms in total. The minimum absolute atomic E-state index is 0.0532. The summed E-state index contributed by atoms with van der Waals surface area (Å²) in [5, 5.41) is 9.98. The molecule has 1 aliphatic rings. The monoisotopic (exact) mass is 560 g/mol. The van der Waals surface area contributed by atoms with Gasteiger partial charge >= 0.3 is 0 Å². The highest BCUT2D eigenvalue weighted by atomic mass is 16.3. The Bertz CT molecular complexity index is 2570. The van der Waals surface area contributed by atoms with Crippen LogP contribution in [0.3, 0.4) is 0 Å². The van der Waals surface area contributed by atoms with Gasteiger partial charge in [-0.3, -0.25) is 0 Å². The summed E-state index contributed by atoms with van der Waals surface area (Å²) in [5.74, 6) is 0. The second kappa shape index (κ2) is 8.36. The molecule has 10 rings (SSSR count). The van der Waals surface area contributed by atoms with E-state index >= 15 is 0 Å². The summed E-state index contributed by atoms with van der Waals surface area (Å²) >= 11 is 0. The van der Waals surface area contributed by atoms with Crippen molar-refractivity contribution in [2.45, 2.75) is 19.3 Å². The predicted molar refractivity (Wildman–Crippen MR) is 186 cm³/mol. The Balaban J connectivity index is 1.32. The standard InChI is InChI=1S/C43H28O/c1-43(2)35-18-8-7-12-27(35)28-22-21-26(24-36(28)43)39-29-13-3-5-15-31(29)41(32-16-6-4-14-30(32)39)34-23-25-11-9-19-37-40(25)42-33(34)17-10-20-38(42)44-37/h3-24H,1-2H3. The topological polar surface area (TPSA) is 13.1 Å². The van der Waals surface area contributed by atoms with Crippen molar-refractivity contribution < 1.29 is 4.42 Å². The van der Waals surface area contributed by atoms with Gasteiger partial charge in [0.15, 0.2) is 0 Å². The summed E-state index contributed by atoms with van der Waals surface area (Å²) in [7, 11) is 0. The van der Waals surface area contributed by atoms with Gasteiger partial charge in [0.05, 0.1) is 0 Å². The Hall–Kier alpha value is -5.40. The molecule has 1 heteroatoms. The molecule has 0 fully saturated rings. The summed E-state index contributed by atoms with van der Waals surface area (Å²) in [6, 6.07) is 49.3. The highest BCUT2D eigenvalue weighted by Gasteiger charge is 2.35. The average molecular weight is 561 g/mol. The lowest BCUT2D eigenvalue weighted by Gasteiger charge is -2.23. The van der Waals surface area contributed by atoms with Gasteiger partial charge in [0.2, 0.25) is 0 Å². The maximum atomic E-state index is 6.33. The van der Waals surface area contributed by atoms with Crippen LogP contribution in [0.2, 0.25) is 0 Å². The van der Waals surface area contributed by atoms with Crippen LogP contribution in [0.25, 0.3) is 87.6 Å². The molecule has 9 aromatic rings. The maximum absolute atomic E-state index is 6.33. The summed E-state index contributed by atoms with van der Waals surface area (Å²) in [6.07, 6.45) is 0. The van der Waals surface area contributed by atoms with E-state index in [1.54, 1.807) is 0 Å². The van der Waals surface area contributed by atoms with Crippen molar-refractivity contribution in [3.8, 4) is 33.4 Å². The largest absolute Gasteiger partial charge is 0.456 e. The molecule has 0 spiro atoms. The van der Waals surface area contributed by atoms with Crippen LogP contribution in [-0.4, -0.2) is 0 Å². The van der Waals surface area contributed by atoms with Crippen LogP contribution in [0.4, 0.5) is 0 Å². The van der Waals surface area contributed by atoms with E-state index in [0.29, 0.717) is 0 Å². The lowest BCUT2D eigenvalue weighted by atomic mass is 9.80. The number of furan rings is 1. The lowest BCUT2D eigenvalue weighted by Crippen LogP contribution is -2.14. The van der Waals surface area contributed by atoms with Crippen LogP contribution < -0.4 is 0 Å². The van der Waals surface area contributed by atoms with Gasteiger partial charge in [0, 0.05) is 16.2 Å². The molecule has 0 bridgehead atoms. The van der Waals surface area contributed by atoms with Crippen LogP contribution in [-0.2, 0) is 5.41 Å². The van der Waals surface area contributed by atoms with Crippen LogP contribution in [0, 0.1) is 0 Å². The SMILES string of the molecule is CC1(C)c2ccccc2-c2ccc(-c3c4ccccc4c(-c4cc5cccc6oc7cccc4c7c56)c4ccccc34)cc21. The second-order valence-corrected chi connectivity index (χ2v) is 12.8. The first kappa shape index (κ1) is 24.1. The third-order valence-electron chi connectivity index (χ3n) is 10.2. The van der Waals surface area contributed by atoms with Gasteiger partial charge in [-0.1, -0.05) is 123 Å². The Labute approximate surface area is 255 Å². The fraction of sp³-hybridized carbons (Fsp3) is 0.0698. The second-order valence-electron chi connectivity index (χ2n) is 12.8. The molecule has 1 aliphatic carbocycles. The molecule has 0 saturated heterocycles. The Kier molecular flexibility index (Phi) is 4.58. The van der Waals surface area contributed by atoms with Gasteiger partial charge in [-0.25, -0.2) is 0 Å². The maximum Gasteiger partial charge on any atom is 0.136 e. The van der Waals surface area contributed by atoms with Crippen molar-refractivity contribution in [1.82, 2.24) is 0 Å². The zero-order valence-electron chi connectivity index (χ0n) is 24.6. The minimum Gasteiger partial charge on any atom is -0.456 e. The quantitative estimate of drug-likeness (QED) is 0.151. The zero-order valence-corrected chi connectivity index (χ0v) is 24.6. The van der Waals surface area contributed by atoms with Crippen LogP contribution in [0.1, 0.15) is 25.0 Å². The van der Waals surface area contributed by atoms with E-state index in [1.165, 1.54) is 87.6 Å². The normalized spacial score (nSPS) is 13.9. The molecule has 0 aliphatic heterocycles. The van der Waals surface area contributed by atoms with Gasteiger partial charge in [-0.15, -0.1) is 0 Å². The van der Waals surface area contributed by atoms with Gasteiger partial charge in [0.25, 0.3) is 0 Å². The first-order chi connectivity index (χ1) is 21.6. The summed E-state index contributed by atoms with van der Waals surface area (Å²) < 4.78 is 6.33. The van der Waals surface area contributed by atoms with E-state index < -0.39 is 0 Å². The van der Waals surface area contributed by atoms with Crippen molar-refractivity contribution in [2.75, 3.05) is 0 Å². The molecule has 0 saturated carbocycles. The third-order valence-corrected chi connectivity index (χ3v) is 10.2. The fourth-order valence-electron chi connectivity index (χ4n) is 8.27. The predicted octanol–water partition coefficient (Wildman–Crippen LogP) is 12.1. The smallest absolute Gasteiger partial charge is 0.136 e. The van der Waals surface area contributed by atoms with E-state index in [-0.39, 0.29) is 5.41 Å². The summed E-state index contributed by atoms with van der Waals surface area (Å²) in [4.78, 5) is 0. The van der Waals surface area contributed by atoms with Crippen molar-refractivity contribution in [3.05, 3.63) is 145 Å². The highest BCUT2D eigenvalue weighted by molar-refractivity contribution is 6.29. The van der Waals surface area contributed by atoms with Gasteiger partial charge in [-0.2, -0.15) is 0 Å². The molecule has 8 aromatic carbocycles. The number of hydrogen-bond acceptors (Lipinski definition) is 1. The highest BCUT2D eigenvalue weighted by Crippen LogP contribution is 2.52. The van der Waals surface area contributed by atoms with Crippen LogP contribution >= 0.6 is 0 Å². The van der Waals surface area contributed by atoms with Crippen molar-refractivity contribution in [2.24, 2.45) is 0 Å². The summed E-state index contributed by atoms with van der Waals surface area (Å²) in [5.41, 5.74) is 12.5. The van der Waals surface area contributed by atoms with Crippen LogP contribution in [0.5, 0.6) is 0 Å². The minimum atomic E-state index is -0.0532. The molecule has 44 heavy (non-hydrogen) atoms. The van der Waals surface area contributed by atoms with E-state index in [0.717, 1.165) is 11.2 Å². The summed E-state index contributed by atoms with van der Waals surface area (Å²) in [6.45, 7) is 4.73. The average Bonchev–Trinajstić information content (AvgIpc) is 3.56. The van der Waals surface area contributed by atoms with Crippen molar-refractivity contribution >= 4 is 54.3 Å². The molecule has 0 atom stereocenters. The third kappa shape index (κ3) is 2.99. The molecule has 0 N–H and O–H groups in total. The molecular formula is C43H28O. The number of rotatable bonds is 2. The Morgan fingerprint density at radius 1 is 0.432 bits per heavy atom. The number of fused-ring (bicyclic) bond motifs is 5. The van der Waals surface area contributed by atoms with Crippen molar-refractivity contribution in [1.29, 1.82) is 0 Å². The first-order valence-electron chi connectivity index (χ1n) is 15.4. The lowest BCUT2D eigenvalue weighted by molar-refractivity contribution is 0.660. The Morgan fingerprint density at radius 2 is 1.02 bits per heavy atom. The fourth-order valence-corrected chi connectivity index (χ4v) is 8.27.